The molecular weight excluding hydrogens is 308 g/mol. The first-order valence-electron chi connectivity index (χ1n) is 6.68. The normalized spacial score (nSPS) is 27.1. The third-order valence-electron chi connectivity index (χ3n) is 3.89. The van der Waals surface area contributed by atoms with Crippen molar-refractivity contribution in [2.24, 2.45) is 5.92 Å². The highest BCUT2D eigenvalue weighted by atomic mass is 79.9. The predicted octanol–water partition coefficient (Wildman–Crippen LogP) is 2.63. The van der Waals surface area contributed by atoms with Gasteiger partial charge in [0.05, 0.1) is 16.6 Å². The Kier molecular flexibility index (Phi) is 4.62. The van der Waals surface area contributed by atoms with Crippen LogP contribution in [-0.4, -0.2) is 34.3 Å². The smallest absolute Gasteiger partial charge is 0.224 e. The van der Waals surface area contributed by atoms with Crippen molar-refractivity contribution >= 4 is 27.7 Å². The van der Waals surface area contributed by atoms with Crippen LogP contribution < -0.4 is 10.6 Å². The number of nitrogens with zero attached hydrogens (tertiary/aromatic N) is 2. The molecule has 1 aromatic heterocycles. The summed E-state index contributed by atoms with van der Waals surface area (Å²) in [6.45, 7) is 2.39. The molecule has 3 N–H and O–H groups in total. The number of aromatic nitrogens is 2. The second-order valence-electron chi connectivity index (χ2n) is 5.39. The van der Waals surface area contributed by atoms with Gasteiger partial charge in [0.1, 0.15) is 5.82 Å². The van der Waals surface area contributed by atoms with Crippen molar-refractivity contribution in [3.8, 4) is 0 Å². The molecule has 1 fully saturated rings. The summed E-state index contributed by atoms with van der Waals surface area (Å²) in [5, 5.41) is 16.1. The van der Waals surface area contributed by atoms with Gasteiger partial charge < -0.3 is 15.7 Å². The first-order chi connectivity index (χ1) is 9.08. The Morgan fingerprint density at radius 2 is 2.16 bits per heavy atom. The van der Waals surface area contributed by atoms with Gasteiger partial charge in [-0.3, -0.25) is 0 Å². The second-order valence-corrected chi connectivity index (χ2v) is 6.24. The van der Waals surface area contributed by atoms with Crippen LogP contribution >= 0.6 is 15.9 Å². The van der Waals surface area contributed by atoms with Crippen molar-refractivity contribution in [1.29, 1.82) is 0 Å². The number of nitrogens with one attached hydrogen (secondary N) is 2. The Balaban J connectivity index is 2.18. The summed E-state index contributed by atoms with van der Waals surface area (Å²) >= 11 is 3.45. The number of rotatable bonds is 4. The standard InChI is InChI=1S/C13H21BrN4O/c1-9-3-5-13(8-19,6-4-9)18-11-10(14)7-16-12(15-2)17-11/h7,9,19H,3-6,8H2,1-2H3,(H2,15,16,17,18). The highest BCUT2D eigenvalue weighted by molar-refractivity contribution is 9.10. The number of halogens is 1. The van der Waals surface area contributed by atoms with Crippen LogP contribution in [0.1, 0.15) is 32.6 Å². The third-order valence-corrected chi connectivity index (χ3v) is 4.47. The Labute approximate surface area is 122 Å². The molecule has 0 amide bonds. The molecule has 1 saturated carbocycles. The number of aliphatic hydroxyl groups excluding tert-OH is 1. The van der Waals surface area contributed by atoms with E-state index < -0.39 is 0 Å². The Morgan fingerprint density at radius 1 is 1.47 bits per heavy atom. The lowest BCUT2D eigenvalue weighted by Crippen LogP contribution is -2.45. The molecule has 0 spiro atoms. The molecule has 0 unspecified atom stereocenters. The number of hydrogen-bond donors (Lipinski definition) is 3. The van der Waals surface area contributed by atoms with Gasteiger partial charge in [-0.1, -0.05) is 6.92 Å². The lowest BCUT2D eigenvalue weighted by atomic mass is 9.77. The average molecular weight is 329 g/mol. The number of anilines is 2. The van der Waals surface area contributed by atoms with Crippen LogP contribution in [0.2, 0.25) is 0 Å². The Morgan fingerprint density at radius 3 is 2.74 bits per heavy atom. The summed E-state index contributed by atoms with van der Waals surface area (Å²) in [6, 6.07) is 0. The third kappa shape index (κ3) is 3.36. The zero-order valence-electron chi connectivity index (χ0n) is 11.4. The van der Waals surface area contributed by atoms with Crippen LogP contribution in [0.5, 0.6) is 0 Å². The van der Waals surface area contributed by atoms with E-state index in [0.29, 0.717) is 5.95 Å². The van der Waals surface area contributed by atoms with E-state index in [9.17, 15) is 5.11 Å². The molecule has 1 aliphatic carbocycles. The molecule has 0 aromatic carbocycles. The van der Waals surface area contributed by atoms with Crippen LogP contribution in [0.3, 0.4) is 0 Å². The maximum Gasteiger partial charge on any atom is 0.224 e. The maximum atomic E-state index is 9.77. The lowest BCUT2D eigenvalue weighted by molar-refractivity contribution is 0.155. The molecular formula is C13H21BrN4O. The first-order valence-corrected chi connectivity index (χ1v) is 7.47. The van der Waals surface area contributed by atoms with Crippen molar-refractivity contribution in [3.05, 3.63) is 10.7 Å². The minimum Gasteiger partial charge on any atom is -0.394 e. The van der Waals surface area contributed by atoms with Crippen LogP contribution in [0.15, 0.2) is 10.7 Å². The zero-order valence-corrected chi connectivity index (χ0v) is 13.0. The van der Waals surface area contributed by atoms with E-state index in [1.165, 1.54) is 0 Å². The topological polar surface area (TPSA) is 70.1 Å². The van der Waals surface area contributed by atoms with Gasteiger partial charge in [-0.05, 0) is 47.5 Å². The summed E-state index contributed by atoms with van der Waals surface area (Å²) in [5.41, 5.74) is -0.256. The van der Waals surface area contributed by atoms with E-state index in [1.807, 2.05) is 0 Å². The summed E-state index contributed by atoms with van der Waals surface area (Å²) in [4.78, 5) is 8.55. The predicted molar refractivity (Wildman–Crippen MR) is 80.4 cm³/mol. The van der Waals surface area contributed by atoms with E-state index in [0.717, 1.165) is 41.9 Å². The van der Waals surface area contributed by atoms with Crippen molar-refractivity contribution in [2.75, 3.05) is 24.3 Å². The van der Waals surface area contributed by atoms with Gasteiger partial charge in [-0.25, -0.2) is 4.98 Å². The number of aliphatic hydroxyl groups is 1. The summed E-state index contributed by atoms with van der Waals surface area (Å²) in [6.07, 6.45) is 5.92. The molecule has 0 radical (unpaired) electrons. The van der Waals surface area contributed by atoms with Crippen molar-refractivity contribution < 1.29 is 5.11 Å². The van der Waals surface area contributed by atoms with Crippen molar-refractivity contribution in [2.45, 2.75) is 38.1 Å². The Hall–Kier alpha value is -0.880. The van der Waals surface area contributed by atoms with E-state index in [2.05, 4.69) is 43.5 Å². The van der Waals surface area contributed by atoms with Gasteiger partial charge >= 0.3 is 0 Å². The summed E-state index contributed by atoms with van der Waals surface area (Å²) < 4.78 is 0.818. The molecule has 0 bridgehead atoms. The zero-order chi connectivity index (χ0) is 13.9. The first kappa shape index (κ1) is 14.5. The average Bonchev–Trinajstić information content (AvgIpc) is 2.44. The quantitative estimate of drug-likeness (QED) is 0.792. The molecule has 6 heteroatoms. The largest absolute Gasteiger partial charge is 0.394 e. The maximum absolute atomic E-state index is 9.77. The van der Waals surface area contributed by atoms with Crippen LogP contribution in [-0.2, 0) is 0 Å². The fraction of sp³-hybridized carbons (Fsp3) is 0.692. The molecule has 19 heavy (non-hydrogen) atoms. The van der Waals surface area contributed by atoms with E-state index in [-0.39, 0.29) is 12.1 Å². The van der Waals surface area contributed by atoms with E-state index in [4.69, 9.17) is 0 Å². The highest BCUT2D eigenvalue weighted by Crippen LogP contribution is 2.35. The van der Waals surface area contributed by atoms with Gasteiger partial charge in [0.2, 0.25) is 5.95 Å². The van der Waals surface area contributed by atoms with Crippen molar-refractivity contribution in [3.63, 3.8) is 0 Å². The van der Waals surface area contributed by atoms with Gasteiger partial charge in [-0.15, -0.1) is 0 Å². The fourth-order valence-corrected chi connectivity index (χ4v) is 2.75. The van der Waals surface area contributed by atoms with E-state index >= 15 is 0 Å². The summed E-state index contributed by atoms with van der Waals surface area (Å²) in [5.74, 6) is 2.05. The second kappa shape index (κ2) is 6.05. The molecule has 5 nitrogen and oxygen atoms in total. The minimum atomic E-state index is -0.256. The van der Waals surface area contributed by atoms with Crippen LogP contribution in [0.4, 0.5) is 11.8 Å². The van der Waals surface area contributed by atoms with Gasteiger partial charge in [-0.2, -0.15) is 4.98 Å². The van der Waals surface area contributed by atoms with Crippen LogP contribution in [0, 0.1) is 5.92 Å². The fourth-order valence-electron chi connectivity index (χ4n) is 2.46. The molecule has 0 aliphatic heterocycles. The summed E-state index contributed by atoms with van der Waals surface area (Å²) in [7, 11) is 1.79. The molecule has 0 atom stereocenters. The SMILES string of the molecule is CNc1ncc(Br)c(NC2(CO)CCC(C)CC2)n1. The van der Waals surface area contributed by atoms with Crippen molar-refractivity contribution in [1.82, 2.24) is 9.97 Å². The molecule has 1 aromatic rings. The van der Waals surface area contributed by atoms with Gasteiger partial charge in [0.15, 0.2) is 0 Å². The van der Waals surface area contributed by atoms with Crippen LogP contribution in [0.25, 0.3) is 0 Å². The van der Waals surface area contributed by atoms with E-state index in [1.54, 1.807) is 13.2 Å². The van der Waals surface area contributed by atoms with Gasteiger partial charge in [0, 0.05) is 13.2 Å². The molecule has 2 rings (SSSR count). The highest BCUT2D eigenvalue weighted by Gasteiger charge is 2.34. The number of hydrogen-bond acceptors (Lipinski definition) is 5. The molecule has 0 saturated heterocycles. The lowest BCUT2D eigenvalue weighted by Gasteiger charge is -2.39. The minimum absolute atomic E-state index is 0.130. The molecule has 106 valence electrons. The monoisotopic (exact) mass is 328 g/mol. The Bertz CT molecular complexity index is 433. The van der Waals surface area contributed by atoms with Gasteiger partial charge in [0.25, 0.3) is 0 Å². The molecule has 1 heterocycles. The molecule has 1 aliphatic rings.